The maximum Gasteiger partial charge on any atom is 0.335 e. The van der Waals surface area contributed by atoms with Crippen LogP contribution in [0.1, 0.15) is 57.2 Å². The Labute approximate surface area is 247 Å². The lowest BCUT2D eigenvalue weighted by molar-refractivity contribution is -0.132. The first-order valence-electron chi connectivity index (χ1n) is 14.7. The molecule has 2 rings (SSSR count). The van der Waals surface area contributed by atoms with Gasteiger partial charge in [0.15, 0.2) is 0 Å². The molecule has 2 aromatic rings. The summed E-state index contributed by atoms with van der Waals surface area (Å²) in [5.74, 6) is -0.949. The van der Waals surface area contributed by atoms with Crippen molar-refractivity contribution in [3.63, 3.8) is 0 Å². The van der Waals surface area contributed by atoms with Gasteiger partial charge in [0.1, 0.15) is 0 Å². The Morgan fingerprint density at radius 1 is 0.902 bits per heavy atom. The molecule has 0 unspecified atom stereocenters. The Kier molecular flexibility index (Phi) is 15.2. The Bertz CT molecular complexity index is 1220. The van der Waals surface area contributed by atoms with Crippen molar-refractivity contribution in [2.75, 3.05) is 26.2 Å². The first-order valence-corrected chi connectivity index (χ1v) is 14.7. The molecule has 0 aromatic heterocycles. The molecule has 5 nitrogen and oxygen atoms in total. The summed E-state index contributed by atoms with van der Waals surface area (Å²) in [5.41, 5.74) is 6.90. The smallest absolute Gasteiger partial charge is 0.335 e. The number of hydrogen-bond donors (Lipinski definition) is 2. The first-order chi connectivity index (χ1) is 19.9. The standard InChI is InChI=1S/C36H48N2O3/c1-6-10-17-32(26-33(14-7-2)36(40)41)35(9-4)38(23-22-30-20-18-29(5)19-21-30)34(8-3)28-37(24-25-39)27-31-15-12-11-13-16-31/h7-9,11-21,26,39H,6,10,22-25,27-28H2,1-5H3,(H,40,41)/b14-7-,32-17-,33-26+,34-8-,35-9?. The zero-order valence-electron chi connectivity index (χ0n) is 25.5. The number of unbranched alkanes of at least 4 members (excludes halogenated alkanes) is 1. The molecule has 0 bridgehead atoms. The highest BCUT2D eigenvalue weighted by Crippen LogP contribution is 2.26. The van der Waals surface area contributed by atoms with Gasteiger partial charge >= 0.3 is 5.97 Å². The molecule has 0 radical (unpaired) electrons. The fourth-order valence-electron chi connectivity index (χ4n) is 4.72. The number of aliphatic hydroxyl groups is 1. The minimum atomic E-state index is -0.949. The van der Waals surface area contributed by atoms with Crippen LogP contribution in [0, 0.1) is 6.92 Å². The largest absolute Gasteiger partial charge is 0.478 e. The molecule has 0 aliphatic carbocycles. The van der Waals surface area contributed by atoms with Crippen molar-refractivity contribution in [1.82, 2.24) is 9.80 Å². The van der Waals surface area contributed by atoms with E-state index in [1.807, 2.05) is 32.0 Å². The van der Waals surface area contributed by atoms with E-state index in [0.717, 1.165) is 49.3 Å². The van der Waals surface area contributed by atoms with Gasteiger partial charge in [-0.15, -0.1) is 0 Å². The Morgan fingerprint density at radius 3 is 2.17 bits per heavy atom. The summed E-state index contributed by atoms with van der Waals surface area (Å²) in [6.07, 6.45) is 14.2. The SMILES string of the molecule is CC=C(C(=C\CCC)/C=C(\C=C/C)C(=O)O)N(CCc1ccc(C)cc1)/C(=C\C)CN(CCO)Cc1ccccc1. The Balaban J connectivity index is 2.55. The second-order valence-electron chi connectivity index (χ2n) is 10.1. The van der Waals surface area contributed by atoms with Gasteiger partial charge in [-0.2, -0.15) is 0 Å². The molecule has 0 fully saturated rings. The highest BCUT2D eigenvalue weighted by molar-refractivity contribution is 5.90. The normalized spacial score (nSPS) is 13.3. The highest BCUT2D eigenvalue weighted by atomic mass is 16.4. The summed E-state index contributed by atoms with van der Waals surface area (Å²) in [4.78, 5) is 16.7. The first kappa shape index (κ1) is 33.5. The van der Waals surface area contributed by atoms with Gasteiger partial charge < -0.3 is 15.1 Å². The number of carboxylic acids is 1. The molecular weight excluding hydrogens is 508 g/mol. The lowest BCUT2D eigenvalue weighted by atomic mass is 10.0. The molecule has 0 atom stereocenters. The third-order valence-corrected chi connectivity index (χ3v) is 6.89. The van der Waals surface area contributed by atoms with E-state index in [9.17, 15) is 15.0 Å². The third kappa shape index (κ3) is 11.4. The van der Waals surface area contributed by atoms with Gasteiger partial charge in [-0.25, -0.2) is 4.79 Å². The molecule has 0 saturated heterocycles. The van der Waals surface area contributed by atoms with Crippen molar-refractivity contribution in [2.24, 2.45) is 0 Å². The maximum absolute atomic E-state index is 12.1. The molecule has 0 spiro atoms. The molecule has 0 heterocycles. The van der Waals surface area contributed by atoms with Crippen LogP contribution in [-0.2, 0) is 17.8 Å². The van der Waals surface area contributed by atoms with E-state index in [4.69, 9.17) is 0 Å². The van der Waals surface area contributed by atoms with E-state index in [1.165, 1.54) is 16.7 Å². The minimum Gasteiger partial charge on any atom is -0.478 e. The quantitative estimate of drug-likeness (QED) is 0.156. The summed E-state index contributed by atoms with van der Waals surface area (Å²) < 4.78 is 0. The predicted octanol–water partition coefficient (Wildman–Crippen LogP) is 7.46. The number of carbonyl (C=O) groups is 1. The molecule has 0 saturated carbocycles. The van der Waals surface area contributed by atoms with Crippen molar-refractivity contribution in [2.45, 2.75) is 60.4 Å². The molecular formula is C36H48N2O3. The second-order valence-corrected chi connectivity index (χ2v) is 10.1. The van der Waals surface area contributed by atoms with Crippen LogP contribution in [0.4, 0.5) is 0 Å². The van der Waals surface area contributed by atoms with Crippen LogP contribution in [0.3, 0.4) is 0 Å². The lowest BCUT2D eigenvalue weighted by Crippen LogP contribution is -2.35. The molecule has 2 N–H and O–H groups in total. The average Bonchev–Trinajstić information content (AvgIpc) is 2.97. The van der Waals surface area contributed by atoms with E-state index in [2.05, 4.69) is 85.2 Å². The third-order valence-electron chi connectivity index (χ3n) is 6.89. The topological polar surface area (TPSA) is 64.0 Å². The number of allylic oxidation sites excluding steroid dienone is 5. The molecule has 0 aliphatic heterocycles. The van der Waals surface area contributed by atoms with Gasteiger partial charge in [0.25, 0.3) is 0 Å². The van der Waals surface area contributed by atoms with Crippen molar-refractivity contribution in [1.29, 1.82) is 0 Å². The van der Waals surface area contributed by atoms with Crippen LogP contribution < -0.4 is 0 Å². The van der Waals surface area contributed by atoms with Crippen molar-refractivity contribution < 1.29 is 15.0 Å². The van der Waals surface area contributed by atoms with Gasteiger partial charge in [0, 0.05) is 37.6 Å². The monoisotopic (exact) mass is 556 g/mol. The van der Waals surface area contributed by atoms with Gasteiger partial charge in [0.2, 0.25) is 0 Å². The van der Waals surface area contributed by atoms with E-state index >= 15 is 0 Å². The van der Waals surface area contributed by atoms with Gasteiger partial charge in [-0.1, -0.05) is 104 Å². The van der Waals surface area contributed by atoms with Gasteiger partial charge in [-0.3, -0.25) is 4.90 Å². The van der Waals surface area contributed by atoms with Crippen LogP contribution in [-0.4, -0.2) is 52.2 Å². The average molecular weight is 557 g/mol. The zero-order valence-corrected chi connectivity index (χ0v) is 25.5. The molecule has 0 amide bonds. The van der Waals surface area contributed by atoms with E-state index in [0.29, 0.717) is 13.1 Å². The van der Waals surface area contributed by atoms with Crippen LogP contribution in [0.15, 0.2) is 114 Å². The molecule has 2 aromatic carbocycles. The molecule has 5 heteroatoms. The number of aryl methyl sites for hydroxylation is 1. The number of rotatable bonds is 17. The number of nitrogens with zero attached hydrogens (tertiary/aromatic N) is 2. The van der Waals surface area contributed by atoms with Crippen molar-refractivity contribution >= 4 is 5.97 Å². The number of hydrogen-bond acceptors (Lipinski definition) is 4. The summed E-state index contributed by atoms with van der Waals surface area (Å²) in [5, 5.41) is 19.8. The number of aliphatic hydroxyl groups excluding tert-OH is 1. The van der Waals surface area contributed by atoms with E-state index < -0.39 is 5.97 Å². The van der Waals surface area contributed by atoms with Crippen LogP contribution >= 0.6 is 0 Å². The summed E-state index contributed by atoms with van der Waals surface area (Å²) in [6, 6.07) is 18.9. The van der Waals surface area contributed by atoms with Crippen LogP contribution in [0.5, 0.6) is 0 Å². The molecule has 220 valence electrons. The van der Waals surface area contributed by atoms with Gasteiger partial charge in [0.05, 0.1) is 12.2 Å². The number of benzene rings is 2. The minimum absolute atomic E-state index is 0.0688. The Morgan fingerprint density at radius 2 is 1.61 bits per heavy atom. The molecule has 0 aliphatic rings. The highest BCUT2D eigenvalue weighted by Gasteiger charge is 2.20. The lowest BCUT2D eigenvalue weighted by Gasteiger charge is -2.34. The summed E-state index contributed by atoms with van der Waals surface area (Å²) in [6.45, 7) is 12.8. The second kappa shape index (κ2) is 18.6. The van der Waals surface area contributed by atoms with Crippen molar-refractivity contribution in [3.8, 4) is 0 Å². The Hall–Kier alpha value is -3.67. The zero-order chi connectivity index (χ0) is 30.0. The maximum atomic E-state index is 12.1. The number of carboxylic acid groups (broad SMARTS) is 1. The van der Waals surface area contributed by atoms with E-state index in [1.54, 1.807) is 18.2 Å². The summed E-state index contributed by atoms with van der Waals surface area (Å²) in [7, 11) is 0. The summed E-state index contributed by atoms with van der Waals surface area (Å²) >= 11 is 0. The van der Waals surface area contributed by atoms with Crippen LogP contribution in [0.25, 0.3) is 0 Å². The fourth-order valence-corrected chi connectivity index (χ4v) is 4.72. The number of aliphatic carboxylic acids is 1. The van der Waals surface area contributed by atoms with Gasteiger partial charge in [-0.05, 0) is 63.3 Å². The van der Waals surface area contributed by atoms with Crippen LogP contribution in [0.2, 0.25) is 0 Å². The van der Waals surface area contributed by atoms with E-state index in [-0.39, 0.29) is 12.2 Å². The molecule has 41 heavy (non-hydrogen) atoms. The van der Waals surface area contributed by atoms with Crippen molar-refractivity contribution in [3.05, 3.63) is 130 Å². The predicted molar refractivity (Wildman–Crippen MR) is 171 cm³/mol. The fraction of sp³-hybridized carbons (Fsp3) is 0.361.